The summed E-state index contributed by atoms with van der Waals surface area (Å²) in [5.74, 6) is 1.92. The Bertz CT molecular complexity index is 472. The van der Waals surface area contributed by atoms with Crippen molar-refractivity contribution in [1.29, 1.82) is 0 Å². The lowest BCUT2D eigenvalue weighted by molar-refractivity contribution is 0.478. The predicted octanol–water partition coefficient (Wildman–Crippen LogP) is 5.80. The van der Waals surface area contributed by atoms with Crippen LogP contribution in [0.2, 0.25) is 4.34 Å². The second-order valence-electron chi connectivity index (χ2n) is 3.29. The number of hydrogen-bond donors (Lipinski definition) is 0. The number of alkyl halides is 1. The van der Waals surface area contributed by atoms with Crippen LogP contribution in [0.3, 0.4) is 0 Å². The Morgan fingerprint density at radius 2 is 2.25 bits per heavy atom. The Morgan fingerprint density at radius 3 is 2.75 bits per heavy atom. The van der Waals surface area contributed by atoms with Crippen molar-refractivity contribution < 1.29 is 4.42 Å². The van der Waals surface area contributed by atoms with Crippen molar-refractivity contribution in [3.63, 3.8) is 0 Å². The minimum atomic E-state index is 0.0709. The van der Waals surface area contributed by atoms with E-state index in [0.29, 0.717) is 0 Å². The van der Waals surface area contributed by atoms with Crippen LogP contribution in [0.4, 0.5) is 0 Å². The van der Waals surface area contributed by atoms with Gasteiger partial charge in [0, 0.05) is 15.8 Å². The van der Waals surface area contributed by atoms with Crippen molar-refractivity contribution in [3.8, 4) is 0 Å². The molecule has 16 heavy (non-hydrogen) atoms. The summed E-state index contributed by atoms with van der Waals surface area (Å²) in [6, 6.07) is 6.02. The first-order valence-corrected chi connectivity index (χ1v) is 7.69. The number of hydrogen-bond acceptors (Lipinski definition) is 2. The van der Waals surface area contributed by atoms with Gasteiger partial charge >= 0.3 is 0 Å². The molecule has 0 spiro atoms. The van der Waals surface area contributed by atoms with E-state index >= 15 is 0 Å². The van der Waals surface area contributed by atoms with E-state index < -0.39 is 0 Å². The van der Waals surface area contributed by atoms with Crippen LogP contribution in [0.15, 0.2) is 27.1 Å². The summed E-state index contributed by atoms with van der Waals surface area (Å²) in [6.45, 7) is 2.07. The van der Waals surface area contributed by atoms with Crippen molar-refractivity contribution in [2.24, 2.45) is 0 Å². The van der Waals surface area contributed by atoms with Gasteiger partial charge in [0.1, 0.15) is 20.7 Å². The first-order valence-electron chi connectivity index (χ1n) is 4.79. The molecule has 0 aliphatic rings. The molecule has 0 saturated carbocycles. The second kappa shape index (κ2) is 5.25. The van der Waals surface area contributed by atoms with Crippen molar-refractivity contribution in [2.75, 3.05) is 0 Å². The molecule has 0 saturated heterocycles. The fraction of sp³-hybridized carbons (Fsp3) is 0.273. The van der Waals surface area contributed by atoms with E-state index in [1.165, 1.54) is 0 Å². The molecule has 0 aromatic carbocycles. The monoisotopic (exact) mass is 382 g/mol. The van der Waals surface area contributed by atoms with E-state index in [1.807, 2.05) is 18.2 Å². The van der Waals surface area contributed by atoms with Crippen LogP contribution in [0, 0.1) is 0 Å². The van der Waals surface area contributed by atoms with Gasteiger partial charge in [-0.15, -0.1) is 11.3 Å². The summed E-state index contributed by atoms with van der Waals surface area (Å²) in [4.78, 5) is 1.20. The average Bonchev–Trinajstić information content (AvgIpc) is 2.86. The highest BCUT2D eigenvalue weighted by atomic mass is 79.9. The topological polar surface area (TPSA) is 13.1 Å². The van der Waals surface area contributed by atoms with Gasteiger partial charge in [-0.2, -0.15) is 0 Å². The summed E-state index contributed by atoms with van der Waals surface area (Å²) in [5, 5.41) is 0. The molecular weight excluding hydrogens is 375 g/mol. The van der Waals surface area contributed by atoms with Crippen molar-refractivity contribution >= 4 is 54.8 Å². The van der Waals surface area contributed by atoms with E-state index in [9.17, 15) is 0 Å². The molecule has 2 aromatic rings. The minimum absolute atomic E-state index is 0.0709. The average molecular weight is 385 g/mol. The zero-order chi connectivity index (χ0) is 11.7. The maximum absolute atomic E-state index is 6.01. The highest BCUT2D eigenvalue weighted by Crippen LogP contribution is 2.41. The van der Waals surface area contributed by atoms with E-state index in [0.717, 1.165) is 31.6 Å². The number of thiophene rings is 1. The Morgan fingerprint density at radius 1 is 1.50 bits per heavy atom. The lowest BCUT2D eigenvalue weighted by Crippen LogP contribution is -1.85. The Labute approximate surface area is 120 Å². The summed E-state index contributed by atoms with van der Waals surface area (Å²) in [7, 11) is 0. The molecule has 0 bridgehead atoms. The maximum Gasteiger partial charge on any atom is 0.123 e. The first kappa shape index (κ1) is 12.7. The Kier molecular flexibility index (Phi) is 4.16. The summed E-state index contributed by atoms with van der Waals surface area (Å²) in [5.41, 5.74) is 0. The highest BCUT2D eigenvalue weighted by Gasteiger charge is 2.18. The highest BCUT2D eigenvalue weighted by molar-refractivity contribution is 9.10. The molecule has 5 heteroatoms. The number of rotatable bonds is 3. The van der Waals surface area contributed by atoms with Crippen molar-refractivity contribution in [3.05, 3.63) is 43.4 Å². The molecule has 2 heterocycles. The second-order valence-corrected chi connectivity index (χ2v) is 6.75. The van der Waals surface area contributed by atoms with E-state index in [4.69, 9.17) is 16.0 Å². The van der Waals surface area contributed by atoms with E-state index in [-0.39, 0.29) is 4.83 Å². The van der Waals surface area contributed by atoms with E-state index in [2.05, 4.69) is 38.8 Å². The van der Waals surface area contributed by atoms with Crippen LogP contribution < -0.4 is 0 Å². The van der Waals surface area contributed by atoms with Gasteiger partial charge in [-0.1, -0.05) is 34.5 Å². The van der Waals surface area contributed by atoms with Gasteiger partial charge in [-0.05, 0) is 34.1 Å². The number of aryl methyl sites for hydroxylation is 1. The molecule has 1 unspecified atom stereocenters. The van der Waals surface area contributed by atoms with Crippen molar-refractivity contribution in [2.45, 2.75) is 18.2 Å². The number of halogens is 3. The zero-order valence-electron chi connectivity index (χ0n) is 8.47. The molecule has 0 fully saturated rings. The maximum atomic E-state index is 6.01. The van der Waals surface area contributed by atoms with Gasteiger partial charge < -0.3 is 4.42 Å². The molecule has 1 atom stereocenters. The fourth-order valence-electron chi connectivity index (χ4n) is 1.35. The van der Waals surface area contributed by atoms with Crippen LogP contribution in [0.25, 0.3) is 0 Å². The molecular formula is C11H9Br2ClOS. The smallest absolute Gasteiger partial charge is 0.123 e. The van der Waals surface area contributed by atoms with Gasteiger partial charge in [-0.3, -0.25) is 0 Å². The van der Waals surface area contributed by atoms with Crippen LogP contribution >= 0.6 is 54.8 Å². The Hall–Kier alpha value is 0.230. The molecule has 0 radical (unpaired) electrons. The quantitative estimate of drug-likeness (QED) is 0.609. The zero-order valence-corrected chi connectivity index (χ0v) is 13.2. The van der Waals surface area contributed by atoms with E-state index in [1.54, 1.807) is 11.3 Å². The van der Waals surface area contributed by atoms with Gasteiger partial charge in [0.2, 0.25) is 0 Å². The lowest BCUT2D eigenvalue weighted by atomic mass is 10.3. The first-order chi connectivity index (χ1) is 7.61. The molecule has 2 rings (SSSR count). The van der Waals surface area contributed by atoms with Crippen molar-refractivity contribution in [1.82, 2.24) is 0 Å². The van der Waals surface area contributed by atoms with Gasteiger partial charge in [0.25, 0.3) is 0 Å². The molecule has 0 aliphatic carbocycles. The van der Waals surface area contributed by atoms with Crippen LogP contribution in [-0.2, 0) is 6.42 Å². The predicted molar refractivity (Wildman–Crippen MR) is 75.9 cm³/mol. The van der Waals surface area contributed by atoms with Gasteiger partial charge in [0.15, 0.2) is 0 Å². The van der Waals surface area contributed by atoms with Crippen LogP contribution in [-0.4, -0.2) is 0 Å². The largest absolute Gasteiger partial charge is 0.465 e. The minimum Gasteiger partial charge on any atom is -0.465 e. The normalized spacial score (nSPS) is 13.0. The third kappa shape index (κ3) is 2.55. The lowest BCUT2D eigenvalue weighted by Gasteiger charge is -2.02. The summed E-state index contributed by atoms with van der Waals surface area (Å²) in [6.07, 6.45) is 0.911. The van der Waals surface area contributed by atoms with Crippen LogP contribution in [0.1, 0.15) is 28.1 Å². The van der Waals surface area contributed by atoms with Gasteiger partial charge in [-0.25, -0.2) is 0 Å². The SMILES string of the molecule is CCc1ccc(C(Br)c2cc(Br)c(Cl)s2)o1. The molecule has 0 aliphatic heterocycles. The summed E-state index contributed by atoms with van der Waals surface area (Å²) >= 11 is 14.6. The molecule has 0 N–H and O–H groups in total. The number of furan rings is 1. The standard InChI is InChI=1S/C11H9Br2ClOS/c1-2-6-3-4-8(15-6)10(13)9-5-7(12)11(14)16-9/h3-5,10H,2H2,1H3. The third-order valence-corrected chi connectivity index (χ3v) is 5.98. The fourth-order valence-corrected chi connectivity index (χ4v) is 3.73. The third-order valence-electron chi connectivity index (χ3n) is 2.19. The molecule has 1 nitrogen and oxygen atoms in total. The summed E-state index contributed by atoms with van der Waals surface area (Å²) < 4.78 is 7.40. The Balaban J connectivity index is 2.27. The molecule has 86 valence electrons. The van der Waals surface area contributed by atoms with Crippen LogP contribution in [0.5, 0.6) is 0 Å². The molecule has 0 amide bonds. The molecule has 2 aromatic heterocycles. The van der Waals surface area contributed by atoms with Gasteiger partial charge in [0.05, 0.1) is 0 Å².